The molecule has 0 aromatic carbocycles. The summed E-state index contributed by atoms with van der Waals surface area (Å²) in [5.41, 5.74) is -0.537. The summed E-state index contributed by atoms with van der Waals surface area (Å²) < 4.78 is 21.3. The Bertz CT molecular complexity index is 261. The summed E-state index contributed by atoms with van der Waals surface area (Å²) >= 11 is 0. The van der Waals surface area contributed by atoms with Crippen LogP contribution in [0, 0.1) is 5.41 Å². The van der Waals surface area contributed by atoms with Gasteiger partial charge in [0.05, 0.1) is 0 Å². The lowest BCUT2D eigenvalue weighted by Gasteiger charge is -2.16. The Labute approximate surface area is 73.3 Å². The van der Waals surface area contributed by atoms with E-state index in [9.17, 15) is 13.2 Å². The Kier molecular flexibility index (Phi) is 3.26. The first-order valence-corrected chi connectivity index (χ1v) is 5.65. The van der Waals surface area contributed by atoms with E-state index in [4.69, 9.17) is 0 Å². The smallest absolute Gasteiger partial charge is 0.226 e. The molecular formula is C7H15NO3S. The molecule has 0 fully saturated rings. The molecule has 0 saturated heterocycles. The van der Waals surface area contributed by atoms with Crippen molar-refractivity contribution < 1.29 is 13.2 Å². The van der Waals surface area contributed by atoms with Crippen molar-refractivity contribution in [2.24, 2.45) is 5.41 Å². The molecule has 0 bridgehead atoms. The fourth-order valence-corrected chi connectivity index (χ4v) is 0.855. The number of amides is 1. The molecule has 0 atom stereocenters. The van der Waals surface area contributed by atoms with Crippen LogP contribution in [-0.4, -0.2) is 26.5 Å². The van der Waals surface area contributed by atoms with E-state index in [1.165, 1.54) is 0 Å². The minimum absolute atomic E-state index is 0.257. The Morgan fingerprint density at radius 2 is 1.75 bits per heavy atom. The molecule has 0 aliphatic heterocycles. The maximum atomic E-state index is 11.1. The van der Waals surface area contributed by atoms with Crippen LogP contribution in [0.4, 0.5) is 0 Å². The van der Waals surface area contributed by atoms with Crippen molar-refractivity contribution in [3.8, 4) is 0 Å². The molecule has 0 heterocycles. The lowest BCUT2D eigenvalue weighted by Crippen LogP contribution is -2.37. The van der Waals surface area contributed by atoms with Gasteiger partial charge in [-0.2, -0.15) is 0 Å². The van der Waals surface area contributed by atoms with Gasteiger partial charge in [-0.3, -0.25) is 4.79 Å². The first kappa shape index (κ1) is 11.4. The molecule has 0 radical (unpaired) electrons. The van der Waals surface area contributed by atoms with Gasteiger partial charge in [-0.25, -0.2) is 8.42 Å². The zero-order valence-electron chi connectivity index (χ0n) is 7.84. The van der Waals surface area contributed by atoms with Gasteiger partial charge in [0.2, 0.25) is 5.91 Å². The summed E-state index contributed by atoms with van der Waals surface area (Å²) in [5, 5.41) is 2.34. The van der Waals surface area contributed by atoms with Crippen molar-refractivity contribution in [3.05, 3.63) is 0 Å². The third-order valence-corrected chi connectivity index (χ3v) is 1.84. The maximum Gasteiger partial charge on any atom is 0.226 e. The molecule has 0 aliphatic rings. The molecule has 1 N–H and O–H groups in total. The molecule has 72 valence electrons. The quantitative estimate of drug-likeness (QED) is 0.679. The Morgan fingerprint density at radius 3 is 2.00 bits per heavy atom. The Balaban J connectivity index is 4.07. The third kappa shape index (κ3) is 5.12. The summed E-state index contributed by atoms with van der Waals surface area (Å²) in [6.45, 7) is 5.18. The predicted octanol–water partition coefficient (Wildman–Crippen LogP) is 0.151. The van der Waals surface area contributed by atoms with Crippen LogP contribution >= 0.6 is 0 Å². The van der Waals surface area contributed by atoms with Gasteiger partial charge in [-0.1, -0.05) is 20.8 Å². The van der Waals surface area contributed by atoms with Crippen LogP contribution in [-0.2, 0) is 14.6 Å². The fraction of sp³-hybridized carbons (Fsp3) is 0.857. The number of hydrogen-bond acceptors (Lipinski definition) is 3. The van der Waals surface area contributed by atoms with Gasteiger partial charge in [-0.05, 0) is 0 Å². The summed E-state index contributed by atoms with van der Waals surface area (Å²) in [7, 11) is -3.11. The molecule has 0 rings (SSSR count). The second-order valence-corrected chi connectivity index (χ2v) is 5.97. The normalized spacial score (nSPS) is 12.7. The van der Waals surface area contributed by atoms with Crippen LogP contribution < -0.4 is 5.32 Å². The van der Waals surface area contributed by atoms with Gasteiger partial charge < -0.3 is 5.32 Å². The summed E-state index contributed by atoms with van der Waals surface area (Å²) in [6.07, 6.45) is 1.08. The molecule has 0 aliphatic carbocycles. The predicted molar refractivity (Wildman–Crippen MR) is 47.3 cm³/mol. The zero-order valence-corrected chi connectivity index (χ0v) is 8.66. The first-order valence-electron chi connectivity index (χ1n) is 3.59. The van der Waals surface area contributed by atoms with E-state index in [1.54, 1.807) is 20.8 Å². The lowest BCUT2D eigenvalue weighted by molar-refractivity contribution is -0.128. The number of carbonyl (C=O) groups excluding carboxylic acids is 1. The summed E-state index contributed by atoms with van der Waals surface area (Å²) in [4.78, 5) is 11.1. The summed E-state index contributed by atoms with van der Waals surface area (Å²) in [5.74, 6) is -0.545. The minimum atomic E-state index is -3.11. The number of rotatable bonds is 2. The van der Waals surface area contributed by atoms with E-state index in [2.05, 4.69) is 5.32 Å². The number of sulfone groups is 1. The van der Waals surface area contributed by atoms with Crippen molar-refractivity contribution in [2.75, 3.05) is 12.1 Å². The molecule has 0 unspecified atom stereocenters. The molecule has 1 amide bonds. The van der Waals surface area contributed by atoms with E-state index in [0.29, 0.717) is 0 Å². The fourth-order valence-electron chi connectivity index (χ4n) is 0.462. The van der Waals surface area contributed by atoms with Gasteiger partial charge in [0.15, 0.2) is 9.84 Å². The number of nitrogens with one attached hydrogen (secondary N) is 1. The topological polar surface area (TPSA) is 63.2 Å². The van der Waals surface area contributed by atoms with Crippen LogP contribution in [0.15, 0.2) is 0 Å². The molecule has 4 nitrogen and oxygen atoms in total. The molecule has 0 aromatic rings. The van der Waals surface area contributed by atoms with Gasteiger partial charge in [0, 0.05) is 11.7 Å². The van der Waals surface area contributed by atoms with Gasteiger partial charge >= 0.3 is 0 Å². The lowest BCUT2D eigenvalue weighted by atomic mass is 9.96. The highest BCUT2D eigenvalue weighted by Crippen LogP contribution is 2.12. The molecule has 0 spiro atoms. The van der Waals surface area contributed by atoms with Crippen LogP contribution in [0.3, 0.4) is 0 Å². The van der Waals surface area contributed by atoms with Crippen molar-refractivity contribution in [3.63, 3.8) is 0 Å². The van der Waals surface area contributed by atoms with E-state index >= 15 is 0 Å². The van der Waals surface area contributed by atoms with Crippen molar-refractivity contribution in [1.82, 2.24) is 5.32 Å². The molecular weight excluding hydrogens is 178 g/mol. The Morgan fingerprint density at radius 1 is 1.33 bits per heavy atom. The van der Waals surface area contributed by atoms with Crippen LogP contribution in [0.25, 0.3) is 0 Å². The van der Waals surface area contributed by atoms with E-state index in [1.807, 2.05) is 0 Å². The average molecular weight is 193 g/mol. The van der Waals surface area contributed by atoms with Crippen LogP contribution in [0.2, 0.25) is 0 Å². The van der Waals surface area contributed by atoms with E-state index in [0.717, 1.165) is 6.26 Å². The highest BCUT2D eigenvalue weighted by molar-refractivity contribution is 7.90. The van der Waals surface area contributed by atoms with Crippen molar-refractivity contribution >= 4 is 15.7 Å². The van der Waals surface area contributed by atoms with Gasteiger partial charge in [-0.15, -0.1) is 0 Å². The average Bonchev–Trinajstić information content (AvgIpc) is 1.78. The van der Waals surface area contributed by atoms with Gasteiger partial charge in [0.1, 0.15) is 5.88 Å². The molecule has 5 heteroatoms. The highest BCUT2D eigenvalue weighted by Gasteiger charge is 2.21. The van der Waals surface area contributed by atoms with E-state index < -0.39 is 15.3 Å². The molecule has 0 aromatic heterocycles. The van der Waals surface area contributed by atoms with Crippen LogP contribution in [0.5, 0.6) is 0 Å². The Hall–Kier alpha value is -0.580. The third-order valence-electron chi connectivity index (χ3n) is 1.18. The second-order valence-electron chi connectivity index (χ2n) is 3.83. The number of hydrogen-bond donors (Lipinski definition) is 1. The zero-order chi connectivity index (χ0) is 9.99. The minimum Gasteiger partial charge on any atom is -0.342 e. The number of carbonyl (C=O) groups is 1. The SMILES string of the molecule is CC(C)(C)C(=O)NCS(C)(=O)=O. The van der Waals surface area contributed by atoms with Gasteiger partial charge in [0.25, 0.3) is 0 Å². The van der Waals surface area contributed by atoms with Crippen molar-refractivity contribution in [1.29, 1.82) is 0 Å². The second kappa shape index (κ2) is 3.43. The summed E-state index contributed by atoms with van der Waals surface area (Å²) in [6, 6.07) is 0. The molecule has 12 heavy (non-hydrogen) atoms. The monoisotopic (exact) mass is 193 g/mol. The first-order chi connectivity index (χ1) is 5.13. The maximum absolute atomic E-state index is 11.1. The van der Waals surface area contributed by atoms with E-state index in [-0.39, 0.29) is 11.8 Å². The van der Waals surface area contributed by atoms with Crippen molar-refractivity contribution in [2.45, 2.75) is 20.8 Å². The highest BCUT2D eigenvalue weighted by atomic mass is 32.2. The molecule has 0 saturated carbocycles. The largest absolute Gasteiger partial charge is 0.342 e. The van der Waals surface area contributed by atoms with Crippen LogP contribution in [0.1, 0.15) is 20.8 Å². The standard InChI is InChI=1S/C7H15NO3S/c1-7(2,3)6(9)8-5-12(4,10)11/h5H2,1-4H3,(H,8,9).